The molecular formula is C14H15BrN2O. The Labute approximate surface area is 115 Å². The van der Waals surface area contributed by atoms with Crippen molar-refractivity contribution in [2.75, 3.05) is 11.9 Å². The highest BCUT2D eigenvalue weighted by atomic mass is 79.9. The van der Waals surface area contributed by atoms with E-state index in [1.165, 1.54) is 0 Å². The van der Waals surface area contributed by atoms with Crippen LogP contribution in [-0.2, 0) is 0 Å². The van der Waals surface area contributed by atoms with E-state index in [4.69, 9.17) is 4.74 Å². The third-order valence-corrected chi connectivity index (χ3v) is 2.99. The van der Waals surface area contributed by atoms with Gasteiger partial charge in [0.1, 0.15) is 11.6 Å². The molecule has 0 fully saturated rings. The van der Waals surface area contributed by atoms with Gasteiger partial charge >= 0.3 is 0 Å². The highest BCUT2D eigenvalue weighted by Crippen LogP contribution is 2.26. The lowest BCUT2D eigenvalue weighted by atomic mass is 10.3. The average Bonchev–Trinajstić information content (AvgIpc) is 2.34. The largest absolute Gasteiger partial charge is 0.494 e. The Morgan fingerprint density at radius 1 is 1.33 bits per heavy atom. The van der Waals surface area contributed by atoms with Crippen LogP contribution in [0.25, 0.3) is 0 Å². The number of halogens is 1. The summed E-state index contributed by atoms with van der Waals surface area (Å²) in [5, 5.41) is 3.26. The van der Waals surface area contributed by atoms with Gasteiger partial charge in [0.25, 0.3) is 0 Å². The summed E-state index contributed by atoms with van der Waals surface area (Å²) in [6.45, 7) is 4.64. The molecule has 0 spiro atoms. The highest BCUT2D eigenvalue weighted by Gasteiger charge is 2.03. The van der Waals surface area contributed by atoms with Crippen LogP contribution in [0, 0.1) is 6.92 Å². The quantitative estimate of drug-likeness (QED) is 0.914. The zero-order valence-corrected chi connectivity index (χ0v) is 12.0. The number of benzene rings is 1. The predicted molar refractivity (Wildman–Crippen MR) is 77.6 cm³/mol. The molecule has 0 atom stereocenters. The molecule has 0 aliphatic rings. The van der Waals surface area contributed by atoms with Gasteiger partial charge < -0.3 is 10.1 Å². The van der Waals surface area contributed by atoms with Crippen molar-refractivity contribution in [1.82, 2.24) is 4.98 Å². The van der Waals surface area contributed by atoms with Gasteiger partial charge in [-0.2, -0.15) is 0 Å². The van der Waals surface area contributed by atoms with Crippen LogP contribution in [0.2, 0.25) is 0 Å². The Morgan fingerprint density at radius 3 is 2.89 bits per heavy atom. The van der Waals surface area contributed by atoms with Crippen molar-refractivity contribution < 1.29 is 4.74 Å². The molecular weight excluding hydrogens is 292 g/mol. The summed E-state index contributed by atoms with van der Waals surface area (Å²) in [7, 11) is 0. The number of hydrogen-bond donors (Lipinski definition) is 1. The molecule has 1 N–H and O–H groups in total. The molecule has 0 bridgehead atoms. The van der Waals surface area contributed by atoms with Gasteiger partial charge in [0, 0.05) is 18.0 Å². The molecule has 1 aromatic heterocycles. The summed E-state index contributed by atoms with van der Waals surface area (Å²) in [5.41, 5.74) is 2.08. The van der Waals surface area contributed by atoms with Gasteiger partial charge in [-0.3, -0.25) is 0 Å². The standard InChI is InChI=1S/C14H15BrN2O/c1-3-18-12-6-4-5-11(8-12)17-14-13(15)7-10(2)9-16-14/h4-9H,3H2,1-2H3,(H,16,17). The third kappa shape index (κ3) is 3.23. The zero-order chi connectivity index (χ0) is 13.0. The fraction of sp³-hybridized carbons (Fsp3) is 0.214. The van der Waals surface area contributed by atoms with Crippen molar-refractivity contribution in [3.63, 3.8) is 0 Å². The van der Waals surface area contributed by atoms with Gasteiger partial charge in [-0.15, -0.1) is 0 Å². The lowest BCUT2D eigenvalue weighted by Gasteiger charge is -2.10. The normalized spacial score (nSPS) is 10.2. The van der Waals surface area contributed by atoms with Crippen LogP contribution in [0.3, 0.4) is 0 Å². The first kappa shape index (κ1) is 12.9. The molecule has 1 heterocycles. The Morgan fingerprint density at radius 2 is 2.17 bits per heavy atom. The van der Waals surface area contributed by atoms with Crippen LogP contribution in [0.5, 0.6) is 5.75 Å². The number of ether oxygens (including phenoxy) is 1. The van der Waals surface area contributed by atoms with Gasteiger partial charge in [-0.1, -0.05) is 6.07 Å². The third-order valence-electron chi connectivity index (χ3n) is 2.39. The number of rotatable bonds is 4. The SMILES string of the molecule is CCOc1cccc(Nc2ncc(C)cc2Br)c1. The maximum absolute atomic E-state index is 5.46. The van der Waals surface area contributed by atoms with E-state index in [1.807, 2.05) is 50.4 Å². The van der Waals surface area contributed by atoms with Crippen molar-refractivity contribution in [2.45, 2.75) is 13.8 Å². The number of nitrogens with zero attached hydrogens (tertiary/aromatic N) is 1. The number of aromatic nitrogens is 1. The van der Waals surface area contributed by atoms with Crippen LogP contribution in [0.4, 0.5) is 11.5 Å². The van der Waals surface area contributed by atoms with Crippen molar-refractivity contribution >= 4 is 27.4 Å². The lowest BCUT2D eigenvalue weighted by Crippen LogP contribution is -1.96. The predicted octanol–water partition coefficient (Wildman–Crippen LogP) is 4.29. The minimum absolute atomic E-state index is 0.663. The Balaban J connectivity index is 2.20. The fourth-order valence-electron chi connectivity index (χ4n) is 1.59. The molecule has 0 radical (unpaired) electrons. The first-order chi connectivity index (χ1) is 8.69. The smallest absolute Gasteiger partial charge is 0.144 e. The molecule has 1 aromatic carbocycles. The minimum atomic E-state index is 0.663. The molecule has 18 heavy (non-hydrogen) atoms. The summed E-state index contributed by atoms with van der Waals surface area (Å²) in [6, 6.07) is 9.86. The molecule has 2 aromatic rings. The Hall–Kier alpha value is -1.55. The molecule has 3 nitrogen and oxygen atoms in total. The summed E-state index contributed by atoms with van der Waals surface area (Å²) in [6.07, 6.45) is 1.83. The minimum Gasteiger partial charge on any atom is -0.494 e. The molecule has 0 aliphatic carbocycles. The summed E-state index contributed by atoms with van der Waals surface area (Å²) in [5.74, 6) is 1.65. The number of hydrogen-bond acceptors (Lipinski definition) is 3. The van der Waals surface area contributed by atoms with Crippen molar-refractivity contribution in [3.8, 4) is 5.75 Å². The van der Waals surface area contributed by atoms with E-state index in [2.05, 4.69) is 26.2 Å². The molecule has 0 saturated heterocycles. The number of nitrogens with one attached hydrogen (secondary N) is 1. The number of pyridine rings is 1. The molecule has 0 saturated carbocycles. The van der Waals surface area contributed by atoms with E-state index in [9.17, 15) is 0 Å². The Kier molecular flexibility index (Phi) is 4.20. The first-order valence-electron chi connectivity index (χ1n) is 5.81. The van der Waals surface area contributed by atoms with Crippen LogP contribution in [-0.4, -0.2) is 11.6 Å². The Bertz CT molecular complexity index is 543. The number of aryl methyl sites for hydroxylation is 1. The van der Waals surface area contributed by atoms with Gasteiger partial charge in [0.05, 0.1) is 11.1 Å². The van der Waals surface area contributed by atoms with Crippen molar-refractivity contribution in [3.05, 3.63) is 46.6 Å². The van der Waals surface area contributed by atoms with Gasteiger partial charge in [0.2, 0.25) is 0 Å². The van der Waals surface area contributed by atoms with Crippen LogP contribution in [0.15, 0.2) is 41.0 Å². The molecule has 0 unspecified atom stereocenters. The van der Waals surface area contributed by atoms with Crippen LogP contribution in [0.1, 0.15) is 12.5 Å². The van der Waals surface area contributed by atoms with Crippen LogP contribution >= 0.6 is 15.9 Å². The van der Waals surface area contributed by atoms with Gasteiger partial charge in [-0.25, -0.2) is 4.98 Å². The highest BCUT2D eigenvalue weighted by molar-refractivity contribution is 9.10. The van der Waals surface area contributed by atoms with E-state index < -0.39 is 0 Å². The van der Waals surface area contributed by atoms with E-state index in [0.717, 1.165) is 27.3 Å². The molecule has 94 valence electrons. The lowest BCUT2D eigenvalue weighted by molar-refractivity contribution is 0.340. The van der Waals surface area contributed by atoms with Gasteiger partial charge in [0.15, 0.2) is 0 Å². The second-order valence-corrected chi connectivity index (χ2v) is 4.78. The topological polar surface area (TPSA) is 34.1 Å². The second kappa shape index (κ2) is 5.87. The summed E-state index contributed by atoms with van der Waals surface area (Å²) < 4.78 is 6.41. The molecule has 0 amide bonds. The maximum Gasteiger partial charge on any atom is 0.144 e. The van der Waals surface area contributed by atoms with E-state index in [1.54, 1.807) is 0 Å². The first-order valence-corrected chi connectivity index (χ1v) is 6.60. The monoisotopic (exact) mass is 306 g/mol. The van der Waals surface area contributed by atoms with Gasteiger partial charge in [-0.05, 0) is 53.5 Å². The molecule has 2 rings (SSSR count). The summed E-state index contributed by atoms with van der Waals surface area (Å²) >= 11 is 3.50. The van der Waals surface area contributed by atoms with E-state index >= 15 is 0 Å². The second-order valence-electron chi connectivity index (χ2n) is 3.93. The van der Waals surface area contributed by atoms with Crippen molar-refractivity contribution in [1.29, 1.82) is 0 Å². The molecule has 0 aliphatic heterocycles. The van der Waals surface area contributed by atoms with E-state index in [0.29, 0.717) is 6.61 Å². The zero-order valence-electron chi connectivity index (χ0n) is 10.4. The fourth-order valence-corrected chi connectivity index (χ4v) is 2.16. The van der Waals surface area contributed by atoms with Crippen LogP contribution < -0.4 is 10.1 Å². The summed E-state index contributed by atoms with van der Waals surface area (Å²) in [4.78, 5) is 4.35. The number of anilines is 2. The van der Waals surface area contributed by atoms with Crippen molar-refractivity contribution in [2.24, 2.45) is 0 Å². The van der Waals surface area contributed by atoms with E-state index in [-0.39, 0.29) is 0 Å². The molecule has 4 heteroatoms. The average molecular weight is 307 g/mol. The maximum atomic E-state index is 5.46.